The van der Waals surface area contributed by atoms with Gasteiger partial charge in [-0.1, -0.05) is 19.1 Å². The smallest absolute Gasteiger partial charge is 0.251 e. The van der Waals surface area contributed by atoms with E-state index >= 15 is 0 Å². The van der Waals surface area contributed by atoms with E-state index in [1.54, 1.807) is 18.3 Å². The molecule has 1 aromatic carbocycles. The van der Waals surface area contributed by atoms with Gasteiger partial charge in [0.25, 0.3) is 5.91 Å². The van der Waals surface area contributed by atoms with Crippen LogP contribution in [0.25, 0.3) is 11.3 Å². The van der Waals surface area contributed by atoms with E-state index in [9.17, 15) is 4.79 Å². The number of carbonyl (C=O) groups excluding carboxylic acids is 1. The molecular formula is C18H19N5O2. The number of oxazole rings is 1. The van der Waals surface area contributed by atoms with Gasteiger partial charge in [-0.25, -0.2) is 4.98 Å². The number of aromatic nitrogens is 4. The van der Waals surface area contributed by atoms with Gasteiger partial charge in [-0.05, 0) is 18.6 Å². The number of fused-ring (bicyclic) bond motifs is 1. The van der Waals surface area contributed by atoms with Crippen LogP contribution in [-0.2, 0) is 19.4 Å². The molecule has 128 valence electrons. The molecule has 7 nitrogen and oxygen atoms in total. The number of rotatable bonds is 4. The molecule has 7 heteroatoms. The van der Waals surface area contributed by atoms with Gasteiger partial charge in [0.1, 0.15) is 11.6 Å². The number of benzene rings is 1. The van der Waals surface area contributed by atoms with Crippen LogP contribution in [0.1, 0.15) is 35.4 Å². The van der Waals surface area contributed by atoms with Crippen molar-refractivity contribution in [3.63, 3.8) is 0 Å². The summed E-state index contributed by atoms with van der Waals surface area (Å²) in [5.41, 5.74) is 1.53. The Labute approximate surface area is 145 Å². The molecule has 1 N–H and O–H groups in total. The van der Waals surface area contributed by atoms with E-state index in [0.29, 0.717) is 11.3 Å². The van der Waals surface area contributed by atoms with Crippen LogP contribution >= 0.6 is 0 Å². The topological polar surface area (TPSA) is 85.8 Å². The van der Waals surface area contributed by atoms with E-state index in [4.69, 9.17) is 4.42 Å². The van der Waals surface area contributed by atoms with Gasteiger partial charge in [-0.3, -0.25) is 4.79 Å². The minimum Gasteiger partial charge on any atom is -0.444 e. The number of aryl methyl sites for hydroxylation is 2. The molecule has 0 aliphatic carbocycles. The Morgan fingerprint density at radius 2 is 2.16 bits per heavy atom. The second-order valence-electron chi connectivity index (χ2n) is 6.15. The van der Waals surface area contributed by atoms with Crippen molar-refractivity contribution < 1.29 is 9.21 Å². The summed E-state index contributed by atoms with van der Waals surface area (Å²) in [7, 11) is 0. The highest BCUT2D eigenvalue weighted by atomic mass is 16.3. The van der Waals surface area contributed by atoms with Crippen molar-refractivity contribution in [1.82, 2.24) is 25.1 Å². The lowest BCUT2D eigenvalue weighted by Gasteiger charge is -2.25. The Balaban J connectivity index is 1.44. The van der Waals surface area contributed by atoms with E-state index < -0.39 is 0 Å². The van der Waals surface area contributed by atoms with Gasteiger partial charge in [-0.15, -0.1) is 10.2 Å². The third-order valence-electron chi connectivity index (χ3n) is 4.54. The molecule has 0 radical (unpaired) electrons. The molecule has 1 aliphatic heterocycles. The summed E-state index contributed by atoms with van der Waals surface area (Å²) >= 11 is 0. The maximum absolute atomic E-state index is 12.5. The molecule has 25 heavy (non-hydrogen) atoms. The average Bonchev–Trinajstić information content (AvgIpc) is 3.31. The molecule has 4 rings (SSSR count). The van der Waals surface area contributed by atoms with E-state index in [1.165, 1.54) is 6.39 Å². The highest BCUT2D eigenvalue weighted by Gasteiger charge is 2.23. The fourth-order valence-corrected chi connectivity index (χ4v) is 3.18. The second-order valence-corrected chi connectivity index (χ2v) is 6.15. The van der Waals surface area contributed by atoms with Gasteiger partial charge in [0, 0.05) is 36.6 Å². The first-order valence-electron chi connectivity index (χ1n) is 8.45. The lowest BCUT2D eigenvalue weighted by molar-refractivity contribution is 0.0927. The van der Waals surface area contributed by atoms with E-state index in [0.717, 1.165) is 43.0 Å². The molecule has 1 atom stereocenters. The number of hydrogen-bond donors (Lipinski definition) is 1. The molecule has 1 unspecified atom stereocenters. The lowest BCUT2D eigenvalue weighted by Crippen LogP contribution is -2.41. The number of nitrogens with one attached hydrogen (secondary N) is 1. The molecule has 3 aromatic rings. The van der Waals surface area contributed by atoms with Gasteiger partial charge in [-0.2, -0.15) is 0 Å². The van der Waals surface area contributed by atoms with Crippen LogP contribution in [0.2, 0.25) is 0 Å². The third-order valence-corrected chi connectivity index (χ3v) is 4.54. The molecule has 0 bridgehead atoms. The quantitative estimate of drug-likeness (QED) is 0.789. The highest BCUT2D eigenvalue weighted by Crippen LogP contribution is 2.20. The lowest BCUT2D eigenvalue weighted by atomic mass is 10.1. The summed E-state index contributed by atoms with van der Waals surface area (Å²) in [5.74, 6) is 2.61. The number of amides is 1. The maximum atomic E-state index is 12.5. The number of hydrogen-bond acceptors (Lipinski definition) is 5. The number of carbonyl (C=O) groups is 1. The van der Waals surface area contributed by atoms with Crippen molar-refractivity contribution in [2.45, 2.75) is 38.8 Å². The molecule has 0 spiro atoms. The fraction of sp³-hybridized carbons (Fsp3) is 0.333. The second kappa shape index (κ2) is 6.51. The van der Waals surface area contributed by atoms with Crippen LogP contribution < -0.4 is 5.32 Å². The standard InChI is InChI=1S/C18H19N5O2/c1-2-16-21-22-17-8-7-14(10-23(16)17)20-18(24)13-5-3-12(4-6-13)15-9-19-11-25-15/h3-6,9,11,14H,2,7-8,10H2,1H3,(H,20,24). The summed E-state index contributed by atoms with van der Waals surface area (Å²) in [6, 6.07) is 7.43. The third kappa shape index (κ3) is 3.05. The maximum Gasteiger partial charge on any atom is 0.251 e. The zero-order valence-corrected chi connectivity index (χ0v) is 14.0. The van der Waals surface area contributed by atoms with Crippen molar-refractivity contribution >= 4 is 5.91 Å². The minimum absolute atomic E-state index is 0.0660. The summed E-state index contributed by atoms with van der Waals surface area (Å²) in [6.45, 7) is 2.79. The van der Waals surface area contributed by atoms with Crippen LogP contribution in [0.15, 0.2) is 41.3 Å². The Hall–Kier alpha value is -2.96. The minimum atomic E-state index is -0.0660. The van der Waals surface area contributed by atoms with Gasteiger partial charge in [0.15, 0.2) is 12.2 Å². The summed E-state index contributed by atoms with van der Waals surface area (Å²) in [5, 5.41) is 11.5. The van der Waals surface area contributed by atoms with Crippen LogP contribution in [-0.4, -0.2) is 31.7 Å². The van der Waals surface area contributed by atoms with E-state index in [-0.39, 0.29) is 11.9 Å². The molecule has 0 saturated carbocycles. The van der Waals surface area contributed by atoms with Crippen molar-refractivity contribution in [3.8, 4) is 11.3 Å². The van der Waals surface area contributed by atoms with E-state index in [2.05, 4.69) is 32.0 Å². The van der Waals surface area contributed by atoms with Crippen LogP contribution in [0, 0.1) is 0 Å². The van der Waals surface area contributed by atoms with Crippen molar-refractivity contribution in [1.29, 1.82) is 0 Å². The zero-order valence-electron chi connectivity index (χ0n) is 14.0. The van der Waals surface area contributed by atoms with Gasteiger partial charge in [0.05, 0.1) is 6.20 Å². The first kappa shape index (κ1) is 15.6. The van der Waals surface area contributed by atoms with Gasteiger partial charge < -0.3 is 14.3 Å². The molecule has 1 amide bonds. The summed E-state index contributed by atoms with van der Waals surface area (Å²) in [6.07, 6.45) is 5.60. The first-order chi connectivity index (χ1) is 12.2. The van der Waals surface area contributed by atoms with Crippen LogP contribution in [0.5, 0.6) is 0 Å². The Morgan fingerprint density at radius 3 is 2.88 bits per heavy atom. The molecule has 0 saturated heterocycles. The van der Waals surface area contributed by atoms with Crippen molar-refractivity contribution in [3.05, 3.63) is 54.1 Å². The largest absolute Gasteiger partial charge is 0.444 e. The predicted octanol–water partition coefficient (Wildman–Crippen LogP) is 2.24. The first-order valence-corrected chi connectivity index (χ1v) is 8.45. The average molecular weight is 337 g/mol. The van der Waals surface area contributed by atoms with Crippen molar-refractivity contribution in [2.75, 3.05) is 0 Å². The Morgan fingerprint density at radius 1 is 1.32 bits per heavy atom. The van der Waals surface area contributed by atoms with Gasteiger partial charge >= 0.3 is 0 Å². The summed E-state index contributed by atoms with van der Waals surface area (Å²) < 4.78 is 7.39. The van der Waals surface area contributed by atoms with E-state index in [1.807, 2.05) is 12.1 Å². The molecular weight excluding hydrogens is 318 g/mol. The van der Waals surface area contributed by atoms with Crippen molar-refractivity contribution in [2.24, 2.45) is 0 Å². The SMILES string of the molecule is CCc1nnc2n1CC(NC(=O)c1ccc(-c3cnco3)cc1)CC2. The summed E-state index contributed by atoms with van der Waals surface area (Å²) in [4.78, 5) is 16.4. The monoisotopic (exact) mass is 337 g/mol. The van der Waals surface area contributed by atoms with Gasteiger partial charge in [0.2, 0.25) is 0 Å². The Kier molecular flexibility index (Phi) is 4.05. The number of nitrogens with zero attached hydrogens (tertiary/aromatic N) is 4. The predicted molar refractivity (Wildman–Crippen MR) is 90.9 cm³/mol. The molecule has 0 fully saturated rings. The normalized spacial score (nSPS) is 16.4. The Bertz CT molecular complexity index is 854. The highest BCUT2D eigenvalue weighted by molar-refractivity contribution is 5.94. The fourth-order valence-electron chi connectivity index (χ4n) is 3.18. The van der Waals surface area contributed by atoms with Crippen LogP contribution in [0.4, 0.5) is 0 Å². The zero-order chi connectivity index (χ0) is 17.2. The van der Waals surface area contributed by atoms with Crippen LogP contribution in [0.3, 0.4) is 0 Å². The molecule has 2 aromatic heterocycles. The molecule has 1 aliphatic rings. The molecule has 3 heterocycles.